The van der Waals surface area contributed by atoms with E-state index in [0.29, 0.717) is 29.9 Å². The van der Waals surface area contributed by atoms with E-state index in [0.717, 1.165) is 27.7 Å². The van der Waals surface area contributed by atoms with Gasteiger partial charge in [-0.2, -0.15) is 0 Å². The van der Waals surface area contributed by atoms with Crippen LogP contribution in [0.3, 0.4) is 0 Å². The standard InChI is InChI=1S/C23H22FN5O/c1-15-5-7-19(26-23(30)18-4-2-3-16(11-18)14-24)13-20(15)17-6-8-22-21(12-17)27-28-29(22)10-9-25/h2-8,11-13H,9-10,14,25H2,1H3,(H,26,30). The number of nitrogens with one attached hydrogen (secondary N) is 1. The van der Waals surface area contributed by atoms with Crippen molar-refractivity contribution in [1.82, 2.24) is 15.0 Å². The molecule has 0 aliphatic rings. The smallest absolute Gasteiger partial charge is 0.255 e. The molecule has 0 atom stereocenters. The van der Waals surface area contributed by atoms with Crippen LogP contribution in [0.2, 0.25) is 0 Å². The number of fused-ring (bicyclic) bond motifs is 1. The first-order valence-corrected chi connectivity index (χ1v) is 9.69. The van der Waals surface area contributed by atoms with Gasteiger partial charge >= 0.3 is 0 Å². The highest BCUT2D eigenvalue weighted by Crippen LogP contribution is 2.29. The number of hydrogen-bond acceptors (Lipinski definition) is 4. The van der Waals surface area contributed by atoms with Gasteiger partial charge in [0.2, 0.25) is 0 Å². The maximum Gasteiger partial charge on any atom is 0.255 e. The van der Waals surface area contributed by atoms with E-state index in [4.69, 9.17) is 5.73 Å². The molecule has 0 radical (unpaired) electrons. The van der Waals surface area contributed by atoms with Crippen LogP contribution in [0.4, 0.5) is 10.1 Å². The van der Waals surface area contributed by atoms with Crippen LogP contribution in [0.1, 0.15) is 21.5 Å². The molecule has 1 aromatic heterocycles. The minimum atomic E-state index is -0.603. The van der Waals surface area contributed by atoms with Crippen molar-refractivity contribution in [3.8, 4) is 11.1 Å². The maximum absolute atomic E-state index is 12.9. The van der Waals surface area contributed by atoms with E-state index >= 15 is 0 Å². The number of aryl methyl sites for hydroxylation is 1. The number of aromatic nitrogens is 3. The molecule has 0 spiro atoms. The van der Waals surface area contributed by atoms with Gasteiger partial charge in [-0.25, -0.2) is 9.07 Å². The van der Waals surface area contributed by atoms with Gasteiger partial charge in [0.05, 0.1) is 12.1 Å². The molecule has 0 bridgehead atoms. The quantitative estimate of drug-likeness (QED) is 0.508. The molecular formula is C23H22FN5O. The lowest BCUT2D eigenvalue weighted by Crippen LogP contribution is -2.12. The van der Waals surface area contributed by atoms with E-state index in [9.17, 15) is 9.18 Å². The van der Waals surface area contributed by atoms with E-state index < -0.39 is 6.67 Å². The molecule has 1 amide bonds. The first-order chi connectivity index (χ1) is 14.6. The Bertz CT molecular complexity index is 1220. The molecule has 1 heterocycles. The molecule has 0 saturated carbocycles. The Morgan fingerprint density at radius 3 is 2.80 bits per heavy atom. The second kappa shape index (κ2) is 8.42. The summed E-state index contributed by atoms with van der Waals surface area (Å²) in [6.07, 6.45) is 0. The summed E-state index contributed by atoms with van der Waals surface area (Å²) in [6.45, 7) is 2.52. The van der Waals surface area contributed by atoms with Crippen molar-refractivity contribution in [2.75, 3.05) is 11.9 Å². The predicted octanol–water partition coefficient (Wildman–Crippen LogP) is 4.09. The lowest BCUT2D eigenvalue weighted by Gasteiger charge is -2.11. The number of rotatable bonds is 6. The topological polar surface area (TPSA) is 85.8 Å². The second-order valence-electron chi connectivity index (χ2n) is 7.12. The SMILES string of the molecule is Cc1ccc(NC(=O)c2cccc(CF)c2)cc1-c1ccc2c(c1)nnn2CCN. The number of anilines is 1. The lowest BCUT2D eigenvalue weighted by atomic mass is 9.99. The third kappa shape index (κ3) is 3.92. The number of amides is 1. The normalized spacial score (nSPS) is 11.0. The van der Waals surface area contributed by atoms with Crippen LogP contribution in [0.25, 0.3) is 22.2 Å². The minimum Gasteiger partial charge on any atom is -0.329 e. The largest absolute Gasteiger partial charge is 0.329 e. The van der Waals surface area contributed by atoms with Crippen molar-refractivity contribution in [2.24, 2.45) is 5.73 Å². The van der Waals surface area contributed by atoms with Crippen molar-refractivity contribution in [3.05, 3.63) is 77.4 Å². The van der Waals surface area contributed by atoms with E-state index in [1.807, 2.05) is 43.3 Å². The first-order valence-electron chi connectivity index (χ1n) is 9.69. The summed E-state index contributed by atoms with van der Waals surface area (Å²) < 4.78 is 14.7. The molecular weight excluding hydrogens is 381 g/mol. The molecule has 4 rings (SSSR count). The summed E-state index contributed by atoms with van der Waals surface area (Å²) in [5.41, 5.74) is 11.9. The Morgan fingerprint density at radius 2 is 2.00 bits per heavy atom. The molecule has 4 aromatic rings. The van der Waals surface area contributed by atoms with Gasteiger partial charge in [0.15, 0.2) is 0 Å². The van der Waals surface area contributed by atoms with E-state index in [2.05, 4.69) is 15.6 Å². The van der Waals surface area contributed by atoms with Crippen LogP contribution in [0.15, 0.2) is 60.7 Å². The molecule has 0 aliphatic heterocycles. The van der Waals surface area contributed by atoms with Crippen molar-refractivity contribution in [1.29, 1.82) is 0 Å². The monoisotopic (exact) mass is 403 g/mol. The van der Waals surface area contributed by atoms with Gasteiger partial charge in [0.25, 0.3) is 5.91 Å². The van der Waals surface area contributed by atoms with Crippen LogP contribution in [0, 0.1) is 6.92 Å². The summed E-state index contributed by atoms with van der Waals surface area (Å²) >= 11 is 0. The molecule has 3 aromatic carbocycles. The van der Waals surface area contributed by atoms with Crippen molar-refractivity contribution in [3.63, 3.8) is 0 Å². The highest BCUT2D eigenvalue weighted by Gasteiger charge is 2.11. The molecule has 30 heavy (non-hydrogen) atoms. The number of alkyl halides is 1. The Hall–Kier alpha value is -3.58. The zero-order valence-electron chi connectivity index (χ0n) is 16.6. The summed E-state index contributed by atoms with van der Waals surface area (Å²) in [4.78, 5) is 12.6. The van der Waals surface area contributed by atoms with E-state index in [-0.39, 0.29) is 5.91 Å². The predicted molar refractivity (Wildman–Crippen MR) is 116 cm³/mol. The third-order valence-corrected chi connectivity index (χ3v) is 5.00. The Balaban J connectivity index is 1.63. The summed E-state index contributed by atoms with van der Waals surface area (Å²) in [6, 6.07) is 18.3. The maximum atomic E-state index is 12.9. The zero-order chi connectivity index (χ0) is 21.1. The number of carbonyl (C=O) groups excluding carboxylic acids is 1. The Morgan fingerprint density at radius 1 is 1.13 bits per heavy atom. The molecule has 0 aliphatic carbocycles. The van der Waals surface area contributed by atoms with Gasteiger partial charge in [0.1, 0.15) is 12.2 Å². The van der Waals surface area contributed by atoms with Crippen molar-refractivity contribution < 1.29 is 9.18 Å². The third-order valence-electron chi connectivity index (χ3n) is 5.00. The van der Waals surface area contributed by atoms with Gasteiger partial charge in [-0.15, -0.1) is 5.10 Å². The lowest BCUT2D eigenvalue weighted by molar-refractivity contribution is 0.102. The zero-order valence-corrected chi connectivity index (χ0v) is 16.6. The van der Waals surface area contributed by atoms with Gasteiger partial charge in [-0.05, 0) is 65.6 Å². The fourth-order valence-corrected chi connectivity index (χ4v) is 3.44. The number of nitrogens with two attached hydrogens (primary N) is 1. The number of hydrogen-bond donors (Lipinski definition) is 2. The minimum absolute atomic E-state index is 0.278. The molecule has 7 heteroatoms. The fourth-order valence-electron chi connectivity index (χ4n) is 3.44. The summed E-state index contributed by atoms with van der Waals surface area (Å²) in [5, 5.41) is 11.3. The average molecular weight is 403 g/mol. The fraction of sp³-hybridized carbons (Fsp3) is 0.174. The second-order valence-corrected chi connectivity index (χ2v) is 7.12. The van der Waals surface area contributed by atoms with Gasteiger partial charge in [-0.1, -0.05) is 29.5 Å². The van der Waals surface area contributed by atoms with Crippen LogP contribution >= 0.6 is 0 Å². The molecule has 3 N–H and O–H groups in total. The van der Waals surface area contributed by atoms with Gasteiger partial charge in [0, 0.05) is 17.8 Å². The molecule has 6 nitrogen and oxygen atoms in total. The molecule has 0 unspecified atom stereocenters. The number of halogens is 1. The summed E-state index contributed by atoms with van der Waals surface area (Å²) in [5.74, 6) is -0.278. The average Bonchev–Trinajstić information content (AvgIpc) is 3.17. The van der Waals surface area contributed by atoms with Crippen LogP contribution in [-0.2, 0) is 13.2 Å². The molecule has 0 saturated heterocycles. The van der Waals surface area contributed by atoms with Crippen LogP contribution in [-0.4, -0.2) is 27.4 Å². The Labute approximate surface area is 173 Å². The van der Waals surface area contributed by atoms with Crippen molar-refractivity contribution >= 4 is 22.6 Å². The number of benzene rings is 3. The van der Waals surface area contributed by atoms with E-state index in [1.165, 1.54) is 0 Å². The Kier molecular flexibility index (Phi) is 5.54. The van der Waals surface area contributed by atoms with Gasteiger partial charge < -0.3 is 11.1 Å². The van der Waals surface area contributed by atoms with Crippen LogP contribution < -0.4 is 11.1 Å². The van der Waals surface area contributed by atoms with E-state index in [1.54, 1.807) is 28.9 Å². The number of nitrogens with zero attached hydrogens (tertiary/aromatic N) is 3. The van der Waals surface area contributed by atoms with Gasteiger partial charge in [-0.3, -0.25) is 4.79 Å². The van der Waals surface area contributed by atoms with Crippen LogP contribution in [0.5, 0.6) is 0 Å². The summed E-state index contributed by atoms with van der Waals surface area (Å²) in [7, 11) is 0. The first kappa shape index (κ1) is 19.7. The highest BCUT2D eigenvalue weighted by atomic mass is 19.1. The molecule has 0 fully saturated rings. The number of carbonyl (C=O) groups is 1. The van der Waals surface area contributed by atoms with Crippen molar-refractivity contribution in [2.45, 2.75) is 20.1 Å². The molecule has 152 valence electrons. The highest BCUT2D eigenvalue weighted by molar-refractivity contribution is 6.04.